The first kappa shape index (κ1) is 16.6. The Morgan fingerprint density at radius 3 is 2.57 bits per heavy atom. The molecule has 5 nitrogen and oxygen atoms in total. The number of aryl methyl sites for hydroxylation is 1. The van der Waals surface area contributed by atoms with Gasteiger partial charge in [0.15, 0.2) is 0 Å². The smallest absolute Gasteiger partial charge is 0.263 e. The summed E-state index contributed by atoms with van der Waals surface area (Å²) < 4.78 is 29.4. The third-order valence-corrected chi connectivity index (χ3v) is 5.99. The fourth-order valence-corrected chi connectivity index (χ4v) is 3.78. The van der Waals surface area contributed by atoms with Crippen molar-refractivity contribution in [2.75, 3.05) is 4.72 Å². The zero-order valence-electron chi connectivity index (χ0n) is 10.9. The van der Waals surface area contributed by atoms with Crippen molar-refractivity contribution in [1.82, 2.24) is 4.57 Å². The Hall–Kier alpha value is -0.730. The van der Waals surface area contributed by atoms with E-state index in [2.05, 4.69) is 20.7 Å². The first-order valence-electron chi connectivity index (χ1n) is 5.78. The molecule has 0 aliphatic carbocycles. The molecule has 0 unspecified atom stereocenters. The highest BCUT2D eigenvalue weighted by atomic mass is 79.9. The molecular weight excluding hydrogens is 401 g/mol. The van der Waals surface area contributed by atoms with Crippen LogP contribution in [0.3, 0.4) is 0 Å². The molecule has 1 aromatic heterocycles. The number of sulfonamides is 1. The van der Waals surface area contributed by atoms with Crippen LogP contribution in [0, 0.1) is 0 Å². The zero-order valence-corrected chi connectivity index (χ0v) is 14.8. The molecule has 0 aliphatic rings. The van der Waals surface area contributed by atoms with Crippen LogP contribution in [0.1, 0.15) is 5.69 Å². The molecule has 0 saturated carbocycles. The van der Waals surface area contributed by atoms with E-state index in [-0.39, 0.29) is 27.2 Å². The maximum atomic E-state index is 12.4. The van der Waals surface area contributed by atoms with E-state index in [0.29, 0.717) is 10.2 Å². The Kier molecular flexibility index (Phi) is 4.89. The number of nitrogens with one attached hydrogen (secondary N) is 1. The number of hydrogen-bond donors (Lipinski definition) is 2. The molecule has 2 rings (SSSR count). The second kappa shape index (κ2) is 6.18. The lowest BCUT2D eigenvalue weighted by Crippen LogP contribution is -2.12. The molecule has 0 aliphatic heterocycles. The van der Waals surface area contributed by atoms with Crippen LogP contribution in [0.4, 0.5) is 5.69 Å². The first-order chi connectivity index (χ1) is 9.76. The molecular formula is C12H12BrCl2N3O2S. The van der Waals surface area contributed by atoms with Crippen molar-refractivity contribution in [3.05, 3.63) is 44.6 Å². The molecule has 1 aromatic carbocycles. The maximum absolute atomic E-state index is 12.4. The van der Waals surface area contributed by atoms with E-state index < -0.39 is 10.0 Å². The van der Waals surface area contributed by atoms with Gasteiger partial charge in [0.2, 0.25) is 0 Å². The van der Waals surface area contributed by atoms with Crippen LogP contribution in [0.15, 0.2) is 33.8 Å². The summed E-state index contributed by atoms with van der Waals surface area (Å²) in [7, 11) is -2.04. The predicted octanol–water partition coefficient (Wildman–Crippen LogP) is 3.35. The van der Waals surface area contributed by atoms with Gasteiger partial charge in [-0.2, -0.15) is 0 Å². The number of rotatable bonds is 4. The van der Waals surface area contributed by atoms with Gasteiger partial charge < -0.3 is 10.3 Å². The molecule has 21 heavy (non-hydrogen) atoms. The fourth-order valence-electron chi connectivity index (χ4n) is 1.74. The first-order valence-corrected chi connectivity index (χ1v) is 8.81. The molecule has 3 N–H and O–H groups in total. The highest BCUT2D eigenvalue weighted by Gasteiger charge is 2.20. The van der Waals surface area contributed by atoms with Gasteiger partial charge in [0.25, 0.3) is 10.0 Å². The van der Waals surface area contributed by atoms with Crippen LogP contribution in [0.2, 0.25) is 10.0 Å². The Labute approximate surface area is 141 Å². The average Bonchev–Trinajstić information content (AvgIpc) is 2.81. The van der Waals surface area contributed by atoms with Crippen LogP contribution >= 0.6 is 39.1 Å². The maximum Gasteiger partial charge on any atom is 0.263 e. The SMILES string of the molecule is Cn1cc(S(=O)(=O)Nc2ccc(Br)c(Cl)c2Cl)cc1CN. The van der Waals surface area contributed by atoms with Gasteiger partial charge in [-0.1, -0.05) is 23.2 Å². The van der Waals surface area contributed by atoms with Crippen molar-refractivity contribution in [3.63, 3.8) is 0 Å². The number of aromatic nitrogens is 1. The highest BCUT2D eigenvalue weighted by molar-refractivity contribution is 9.10. The summed E-state index contributed by atoms with van der Waals surface area (Å²) in [6, 6.07) is 4.65. The van der Waals surface area contributed by atoms with Crippen LogP contribution in [-0.2, 0) is 23.6 Å². The zero-order chi connectivity index (χ0) is 15.8. The van der Waals surface area contributed by atoms with Gasteiger partial charge in [-0.15, -0.1) is 0 Å². The van der Waals surface area contributed by atoms with Gasteiger partial charge in [0.05, 0.1) is 15.7 Å². The summed E-state index contributed by atoms with van der Waals surface area (Å²) in [5.41, 5.74) is 6.46. The number of benzene rings is 1. The summed E-state index contributed by atoms with van der Waals surface area (Å²) in [5.74, 6) is 0. The van der Waals surface area contributed by atoms with E-state index >= 15 is 0 Å². The number of hydrogen-bond acceptors (Lipinski definition) is 3. The Bertz CT molecular complexity index is 790. The molecule has 0 radical (unpaired) electrons. The number of nitrogens with two attached hydrogens (primary N) is 1. The summed E-state index contributed by atoms with van der Waals surface area (Å²) in [4.78, 5) is 0.112. The molecule has 9 heteroatoms. The van der Waals surface area contributed by atoms with Gasteiger partial charge in [-0.3, -0.25) is 4.72 Å². The van der Waals surface area contributed by atoms with Crippen molar-refractivity contribution in [2.45, 2.75) is 11.4 Å². The predicted molar refractivity (Wildman–Crippen MR) is 88.3 cm³/mol. The normalized spacial score (nSPS) is 11.7. The number of anilines is 1. The minimum Gasteiger partial charge on any atom is -0.352 e. The lowest BCUT2D eigenvalue weighted by atomic mass is 10.3. The molecule has 0 amide bonds. The van der Waals surface area contributed by atoms with Crippen molar-refractivity contribution in [1.29, 1.82) is 0 Å². The Morgan fingerprint density at radius 2 is 2.00 bits per heavy atom. The van der Waals surface area contributed by atoms with Crippen LogP contribution < -0.4 is 10.5 Å². The van der Waals surface area contributed by atoms with Gasteiger partial charge in [0.1, 0.15) is 4.90 Å². The largest absolute Gasteiger partial charge is 0.352 e. The van der Waals surface area contributed by atoms with E-state index in [4.69, 9.17) is 28.9 Å². The van der Waals surface area contributed by atoms with Crippen molar-refractivity contribution >= 4 is 54.8 Å². The molecule has 1 heterocycles. The van der Waals surface area contributed by atoms with E-state index in [1.807, 2.05) is 0 Å². The van der Waals surface area contributed by atoms with Crippen LogP contribution in [0.5, 0.6) is 0 Å². The van der Waals surface area contributed by atoms with E-state index in [1.54, 1.807) is 17.7 Å². The van der Waals surface area contributed by atoms with E-state index in [9.17, 15) is 8.42 Å². The quantitative estimate of drug-likeness (QED) is 0.755. The van der Waals surface area contributed by atoms with Crippen molar-refractivity contribution < 1.29 is 8.42 Å². The topological polar surface area (TPSA) is 77.1 Å². The van der Waals surface area contributed by atoms with E-state index in [1.165, 1.54) is 18.3 Å². The van der Waals surface area contributed by atoms with Crippen molar-refractivity contribution in [2.24, 2.45) is 12.8 Å². The Morgan fingerprint density at radius 1 is 1.33 bits per heavy atom. The molecule has 0 atom stereocenters. The minimum atomic E-state index is -3.76. The van der Waals surface area contributed by atoms with Gasteiger partial charge in [-0.25, -0.2) is 8.42 Å². The summed E-state index contributed by atoms with van der Waals surface area (Å²) in [6.45, 7) is 0.247. The number of nitrogens with zero attached hydrogens (tertiary/aromatic N) is 1. The molecule has 0 spiro atoms. The van der Waals surface area contributed by atoms with Crippen molar-refractivity contribution in [3.8, 4) is 0 Å². The van der Waals surface area contributed by atoms with Crippen LogP contribution in [-0.4, -0.2) is 13.0 Å². The van der Waals surface area contributed by atoms with Gasteiger partial charge >= 0.3 is 0 Å². The monoisotopic (exact) mass is 411 g/mol. The van der Waals surface area contributed by atoms with E-state index in [0.717, 1.165) is 0 Å². The molecule has 0 saturated heterocycles. The lowest BCUT2D eigenvalue weighted by molar-refractivity contribution is 0.601. The fraction of sp³-hybridized carbons (Fsp3) is 0.167. The highest BCUT2D eigenvalue weighted by Crippen LogP contribution is 2.36. The third kappa shape index (κ3) is 3.37. The second-order valence-corrected chi connectivity index (χ2v) is 7.60. The lowest BCUT2D eigenvalue weighted by Gasteiger charge is -2.10. The van der Waals surface area contributed by atoms with Crippen LogP contribution in [0.25, 0.3) is 0 Å². The number of halogens is 3. The molecule has 2 aromatic rings. The molecule has 0 fully saturated rings. The summed E-state index contributed by atoms with van der Waals surface area (Å²) in [6.07, 6.45) is 1.49. The van der Waals surface area contributed by atoms with Gasteiger partial charge in [-0.05, 0) is 34.1 Å². The second-order valence-electron chi connectivity index (χ2n) is 4.31. The van der Waals surface area contributed by atoms with Gasteiger partial charge in [0, 0.05) is 30.0 Å². The molecule has 0 bridgehead atoms. The Balaban J connectivity index is 2.40. The minimum absolute atomic E-state index is 0.112. The summed E-state index contributed by atoms with van der Waals surface area (Å²) in [5, 5.41) is 0.372. The average molecular weight is 413 g/mol. The molecule has 114 valence electrons. The standard InChI is InChI=1S/C12H12BrCl2N3O2S/c1-18-6-8(4-7(18)5-16)21(19,20)17-10-3-2-9(13)11(14)12(10)15/h2-4,6,17H,5,16H2,1H3. The third-order valence-electron chi connectivity index (χ3n) is 2.88. The summed E-state index contributed by atoms with van der Waals surface area (Å²) >= 11 is 15.2.